The van der Waals surface area contributed by atoms with Gasteiger partial charge in [-0.1, -0.05) is 0 Å². The molecule has 1 aliphatic heterocycles. The molecule has 24 heavy (non-hydrogen) atoms. The van der Waals surface area contributed by atoms with Gasteiger partial charge in [0, 0.05) is 19.3 Å². The molecule has 10 nitrogen and oxygen atoms in total. The topological polar surface area (TPSA) is 139 Å². The fraction of sp³-hybridized carbons (Fsp3) is 0.643. The molecular formula is C14H20N2O8. The number of carbonyl (C=O) groups excluding carboxylic acids is 4. The molecule has 1 aliphatic rings. The van der Waals surface area contributed by atoms with Crippen LogP contribution in [0.1, 0.15) is 46.5 Å². The van der Waals surface area contributed by atoms with Crippen molar-refractivity contribution in [2.75, 3.05) is 0 Å². The standard InChI is InChI=1S/C14H20N2O8/c1-14(2,3)23-13(22)15-8(4-7-11(19)20)12(21)24-16-9(17)5-6-10(16)18/h8H,4-7H2,1-3H3,(H,15,22)(H,19,20)/t8-/m0/s1. The third-order valence-corrected chi connectivity index (χ3v) is 2.81. The molecule has 2 N–H and O–H groups in total. The third kappa shape index (κ3) is 6.23. The molecule has 3 amide bonds. The number of imide groups is 1. The van der Waals surface area contributed by atoms with E-state index in [0.29, 0.717) is 5.06 Å². The molecule has 0 spiro atoms. The fourth-order valence-electron chi connectivity index (χ4n) is 1.78. The molecule has 0 saturated carbocycles. The summed E-state index contributed by atoms with van der Waals surface area (Å²) in [5, 5.41) is 11.2. The molecule has 10 heteroatoms. The Morgan fingerprint density at radius 3 is 2.21 bits per heavy atom. The van der Waals surface area contributed by atoms with Crippen LogP contribution < -0.4 is 5.32 Å². The Bertz CT molecular complexity index is 535. The molecule has 1 heterocycles. The Kier molecular flexibility index (Phi) is 6.27. The van der Waals surface area contributed by atoms with E-state index in [9.17, 15) is 24.0 Å². The second-order valence-corrected chi connectivity index (χ2v) is 6.12. The normalized spacial score (nSPS) is 15.9. The highest BCUT2D eigenvalue weighted by Crippen LogP contribution is 2.14. The van der Waals surface area contributed by atoms with Gasteiger partial charge >= 0.3 is 18.0 Å². The highest BCUT2D eigenvalue weighted by Gasteiger charge is 2.35. The van der Waals surface area contributed by atoms with Crippen LogP contribution in [0.4, 0.5) is 4.79 Å². The summed E-state index contributed by atoms with van der Waals surface area (Å²) in [6, 6.07) is -1.38. The van der Waals surface area contributed by atoms with Crippen LogP contribution in [0.3, 0.4) is 0 Å². The van der Waals surface area contributed by atoms with Gasteiger partial charge in [-0.25, -0.2) is 9.59 Å². The number of hydrogen-bond acceptors (Lipinski definition) is 7. The third-order valence-electron chi connectivity index (χ3n) is 2.81. The molecule has 0 aromatic rings. The summed E-state index contributed by atoms with van der Waals surface area (Å²) in [7, 11) is 0. The van der Waals surface area contributed by atoms with Gasteiger partial charge in [0.05, 0.1) is 0 Å². The van der Waals surface area contributed by atoms with Gasteiger partial charge in [-0.3, -0.25) is 14.4 Å². The van der Waals surface area contributed by atoms with Gasteiger partial charge in [0.2, 0.25) is 0 Å². The average molecular weight is 344 g/mol. The highest BCUT2D eigenvalue weighted by atomic mass is 16.7. The fourth-order valence-corrected chi connectivity index (χ4v) is 1.78. The van der Waals surface area contributed by atoms with Crippen LogP contribution in [-0.2, 0) is 28.8 Å². The number of alkyl carbamates (subject to hydrolysis) is 1. The SMILES string of the molecule is CC(C)(C)OC(=O)N[C@@H](CCC(=O)O)C(=O)ON1C(=O)CCC1=O. The van der Waals surface area contributed by atoms with Crippen molar-refractivity contribution in [2.24, 2.45) is 0 Å². The summed E-state index contributed by atoms with van der Waals surface area (Å²) in [6.45, 7) is 4.83. The predicted octanol–water partition coefficient (Wildman–Crippen LogP) is 0.352. The Morgan fingerprint density at radius 2 is 1.75 bits per heavy atom. The molecule has 1 rings (SSSR count). The molecule has 0 radical (unpaired) electrons. The second kappa shape index (κ2) is 7.75. The minimum Gasteiger partial charge on any atom is -0.481 e. The molecule has 0 aromatic carbocycles. The van der Waals surface area contributed by atoms with E-state index in [0.717, 1.165) is 0 Å². The summed E-state index contributed by atoms with van der Waals surface area (Å²) >= 11 is 0. The maximum Gasteiger partial charge on any atom is 0.408 e. The van der Waals surface area contributed by atoms with Gasteiger partial charge in [-0.15, -0.1) is 5.06 Å². The van der Waals surface area contributed by atoms with E-state index >= 15 is 0 Å². The number of carbonyl (C=O) groups is 5. The summed E-state index contributed by atoms with van der Waals surface area (Å²) in [5.74, 6) is -3.66. The van der Waals surface area contributed by atoms with Gasteiger partial charge in [0.25, 0.3) is 11.8 Å². The van der Waals surface area contributed by atoms with Crippen molar-refractivity contribution in [3.05, 3.63) is 0 Å². The lowest BCUT2D eigenvalue weighted by molar-refractivity contribution is -0.199. The Labute approximate surface area is 138 Å². The quantitative estimate of drug-likeness (QED) is 0.658. The van der Waals surface area contributed by atoms with Gasteiger partial charge < -0.3 is 20.0 Å². The van der Waals surface area contributed by atoms with Crippen molar-refractivity contribution in [1.29, 1.82) is 0 Å². The zero-order chi connectivity index (χ0) is 18.5. The second-order valence-electron chi connectivity index (χ2n) is 6.12. The van der Waals surface area contributed by atoms with Crippen LogP contribution >= 0.6 is 0 Å². The van der Waals surface area contributed by atoms with Crippen molar-refractivity contribution in [1.82, 2.24) is 10.4 Å². The van der Waals surface area contributed by atoms with Gasteiger partial charge in [0.1, 0.15) is 11.6 Å². The van der Waals surface area contributed by atoms with E-state index in [-0.39, 0.29) is 19.3 Å². The first-order valence-electron chi connectivity index (χ1n) is 7.28. The Hall–Kier alpha value is -2.65. The van der Waals surface area contributed by atoms with Crippen molar-refractivity contribution in [2.45, 2.75) is 58.1 Å². The number of carboxylic acids is 1. The van der Waals surface area contributed by atoms with Crippen molar-refractivity contribution < 1.29 is 38.7 Å². The maximum atomic E-state index is 12.1. The van der Waals surface area contributed by atoms with E-state index in [1.807, 2.05) is 0 Å². The van der Waals surface area contributed by atoms with Gasteiger partial charge in [0.15, 0.2) is 0 Å². The van der Waals surface area contributed by atoms with E-state index in [1.54, 1.807) is 20.8 Å². The van der Waals surface area contributed by atoms with Crippen LogP contribution in [0.25, 0.3) is 0 Å². The predicted molar refractivity (Wildman–Crippen MR) is 77.2 cm³/mol. The summed E-state index contributed by atoms with van der Waals surface area (Å²) in [6.07, 6.45) is -1.83. The first-order chi connectivity index (χ1) is 11.0. The number of nitrogens with one attached hydrogen (secondary N) is 1. The van der Waals surface area contributed by atoms with Crippen molar-refractivity contribution in [3.8, 4) is 0 Å². The van der Waals surface area contributed by atoms with Crippen LogP contribution in [0, 0.1) is 0 Å². The van der Waals surface area contributed by atoms with Crippen LogP contribution in [-0.4, -0.2) is 51.7 Å². The van der Waals surface area contributed by atoms with Crippen molar-refractivity contribution in [3.63, 3.8) is 0 Å². The average Bonchev–Trinajstić information content (AvgIpc) is 2.73. The lowest BCUT2D eigenvalue weighted by Gasteiger charge is -2.23. The molecule has 0 unspecified atom stereocenters. The molecule has 0 aliphatic carbocycles. The number of amides is 3. The molecule has 1 saturated heterocycles. The number of rotatable bonds is 6. The first-order valence-corrected chi connectivity index (χ1v) is 7.28. The minimum absolute atomic E-state index is 0.0780. The van der Waals surface area contributed by atoms with Crippen molar-refractivity contribution >= 4 is 29.8 Å². The van der Waals surface area contributed by atoms with Crippen LogP contribution in [0.5, 0.6) is 0 Å². The van der Waals surface area contributed by atoms with Crippen LogP contribution in [0.15, 0.2) is 0 Å². The van der Waals surface area contributed by atoms with E-state index in [4.69, 9.17) is 14.7 Å². The number of aliphatic carboxylic acids is 1. The van der Waals surface area contributed by atoms with Gasteiger partial charge in [-0.05, 0) is 27.2 Å². The number of hydroxylamine groups is 2. The zero-order valence-corrected chi connectivity index (χ0v) is 13.7. The molecule has 0 bridgehead atoms. The number of carboxylic acid groups (broad SMARTS) is 1. The maximum absolute atomic E-state index is 12.1. The highest BCUT2D eigenvalue weighted by molar-refractivity contribution is 6.01. The summed E-state index contributed by atoms with van der Waals surface area (Å²) in [5.41, 5.74) is -0.827. The molecule has 1 fully saturated rings. The molecular weight excluding hydrogens is 324 g/mol. The summed E-state index contributed by atoms with van der Waals surface area (Å²) in [4.78, 5) is 62.1. The smallest absolute Gasteiger partial charge is 0.408 e. The molecule has 1 atom stereocenters. The molecule has 0 aromatic heterocycles. The number of nitrogens with zero attached hydrogens (tertiary/aromatic N) is 1. The zero-order valence-electron chi connectivity index (χ0n) is 13.7. The minimum atomic E-state index is -1.38. The van der Waals surface area contributed by atoms with E-state index in [2.05, 4.69) is 5.32 Å². The summed E-state index contributed by atoms with van der Waals surface area (Å²) < 4.78 is 4.98. The van der Waals surface area contributed by atoms with E-state index < -0.39 is 47.9 Å². The largest absolute Gasteiger partial charge is 0.481 e. The van der Waals surface area contributed by atoms with E-state index in [1.165, 1.54) is 0 Å². The lowest BCUT2D eigenvalue weighted by atomic mass is 10.1. The van der Waals surface area contributed by atoms with Crippen LogP contribution in [0.2, 0.25) is 0 Å². The molecule has 134 valence electrons. The first kappa shape index (κ1) is 19.4. The Balaban J connectivity index is 2.74. The van der Waals surface area contributed by atoms with Gasteiger partial charge in [-0.2, -0.15) is 0 Å². The number of hydrogen-bond donors (Lipinski definition) is 2. The Morgan fingerprint density at radius 1 is 1.21 bits per heavy atom. The monoisotopic (exact) mass is 344 g/mol. The lowest BCUT2D eigenvalue weighted by Crippen LogP contribution is -2.47. The number of ether oxygens (including phenoxy) is 1.